The van der Waals surface area contributed by atoms with E-state index in [2.05, 4.69) is 14.9 Å². The van der Waals surface area contributed by atoms with Crippen molar-refractivity contribution in [1.29, 1.82) is 0 Å². The second-order valence-electron chi connectivity index (χ2n) is 6.69. The van der Waals surface area contributed by atoms with Crippen molar-refractivity contribution in [1.82, 2.24) is 14.9 Å². The summed E-state index contributed by atoms with van der Waals surface area (Å²) < 4.78 is 0. The molecule has 3 amide bonds. The minimum Gasteiger partial charge on any atom is -0.341 e. The summed E-state index contributed by atoms with van der Waals surface area (Å²) in [6, 6.07) is 10.8. The molecule has 0 saturated carbocycles. The van der Waals surface area contributed by atoms with Gasteiger partial charge in [0.25, 0.3) is 5.91 Å². The van der Waals surface area contributed by atoms with E-state index >= 15 is 0 Å². The van der Waals surface area contributed by atoms with Gasteiger partial charge in [-0.25, -0.2) is 19.7 Å². The van der Waals surface area contributed by atoms with Crippen molar-refractivity contribution >= 4 is 23.6 Å². The lowest BCUT2D eigenvalue weighted by Gasteiger charge is -2.36. The Labute approximate surface area is 152 Å². The number of imide groups is 1. The number of anilines is 2. The van der Waals surface area contributed by atoms with Crippen LogP contribution in [0.4, 0.5) is 16.4 Å². The second kappa shape index (κ2) is 6.74. The van der Waals surface area contributed by atoms with Gasteiger partial charge >= 0.3 is 6.03 Å². The SMILES string of the molecule is Cc1ccnc(N2CCC(N3CC(=O)N(c4ccccc4)C3=O)CC2)n1. The van der Waals surface area contributed by atoms with Crippen molar-refractivity contribution in [3.63, 3.8) is 0 Å². The van der Waals surface area contributed by atoms with Gasteiger partial charge in [0.15, 0.2) is 0 Å². The fourth-order valence-electron chi connectivity index (χ4n) is 3.60. The molecule has 2 aliphatic heterocycles. The Hall–Kier alpha value is -2.96. The van der Waals surface area contributed by atoms with Crippen molar-refractivity contribution in [2.24, 2.45) is 0 Å². The van der Waals surface area contributed by atoms with Crippen LogP contribution in [0.15, 0.2) is 42.6 Å². The second-order valence-corrected chi connectivity index (χ2v) is 6.69. The summed E-state index contributed by atoms with van der Waals surface area (Å²) in [5.74, 6) is 0.573. The van der Waals surface area contributed by atoms with Crippen LogP contribution in [0.1, 0.15) is 18.5 Å². The predicted molar refractivity (Wildman–Crippen MR) is 98.0 cm³/mol. The zero-order valence-corrected chi connectivity index (χ0v) is 14.7. The average molecular weight is 351 g/mol. The average Bonchev–Trinajstić information content (AvgIpc) is 2.97. The molecule has 0 atom stereocenters. The number of benzene rings is 1. The molecule has 26 heavy (non-hydrogen) atoms. The number of para-hydroxylation sites is 1. The number of aromatic nitrogens is 2. The molecule has 0 spiro atoms. The molecular weight excluding hydrogens is 330 g/mol. The zero-order valence-electron chi connectivity index (χ0n) is 14.7. The van der Waals surface area contributed by atoms with Gasteiger partial charge in [0.2, 0.25) is 5.95 Å². The molecule has 3 heterocycles. The number of rotatable bonds is 3. The van der Waals surface area contributed by atoms with E-state index in [1.807, 2.05) is 31.2 Å². The van der Waals surface area contributed by atoms with Crippen LogP contribution in [0.5, 0.6) is 0 Å². The van der Waals surface area contributed by atoms with Gasteiger partial charge in [0.1, 0.15) is 6.54 Å². The number of nitrogens with zero attached hydrogens (tertiary/aromatic N) is 5. The lowest BCUT2D eigenvalue weighted by Crippen LogP contribution is -2.47. The summed E-state index contributed by atoms with van der Waals surface area (Å²) in [6.07, 6.45) is 3.38. The van der Waals surface area contributed by atoms with Crippen LogP contribution in [0.2, 0.25) is 0 Å². The summed E-state index contributed by atoms with van der Waals surface area (Å²) in [4.78, 5) is 39.1. The summed E-state index contributed by atoms with van der Waals surface area (Å²) in [5, 5.41) is 0. The Morgan fingerprint density at radius 3 is 2.46 bits per heavy atom. The van der Waals surface area contributed by atoms with Gasteiger partial charge in [-0.1, -0.05) is 18.2 Å². The molecule has 7 nitrogen and oxygen atoms in total. The third-order valence-electron chi connectivity index (χ3n) is 4.98. The van der Waals surface area contributed by atoms with Crippen molar-refractivity contribution < 1.29 is 9.59 Å². The fourth-order valence-corrected chi connectivity index (χ4v) is 3.60. The Morgan fingerprint density at radius 1 is 1.04 bits per heavy atom. The highest BCUT2D eigenvalue weighted by molar-refractivity contribution is 6.19. The van der Waals surface area contributed by atoms with Crippen molar-refractivity contribution in [3.8, 4) is 0 Å². The van der Waals surface area contributed by atoms with Crippen LogP contribution in [-0.2, 0) is 4.79 Å². The maximum atomic E-state index is 12.8. The fraction of sp³-hybridized carbons (Fsp3) is 0.368. The van der Waals surface area contributed by atoms with Gasteiger partial charge in [-0.2, -0.15) is 0 Å². The third-order valence-corrected chi connectivity index (χ3v) is 4.98. The minimum absolute atomic E-state index is 0.0706. The molecule has 4 rings (SSSR count). The third kappa shape index (κ3) is 3.00. The number of amides is 3. The first kappa shape index (κ1) is 16.5. The number of carbonyl (C=O) groups excluding carboxylic acids is 2. The maximum Gasteiger partial charge on any atom is 0.332 e. The Morgan fingerprint density at radius 2 is 1.77 bits per heavy atom. The van der Waals surface area contributed by atoms with Gasteiger partial charge in [0.05, 0.1) is 5.69 Å². The molecule has 1 aromatic carbocycles. The number of piperidine rings is 1. The van der Waals surface area contributed by atoms with E-state index in [1.54, 1.807) is 23.2 Å². The molecule has 2 aliphatic rings. The molecule has 0 radical (unpaired) electrons. The number of aryl methyl sites for hydroxylation is 1. The molecule has 2 fully saturated rings. The first-order valence-corrected chi connectivity index (χ1v) is 8.86. The van der Waals surface area contributed by atoms with Gasteiger partial charge in [0, 0.05) is 31.0 Å². The Bertz CT molecular complexity index is 818. The first-order chi connectivity index (χ1) is 12.6. The van der Waals surface area contributed by atoms with E-state index in [9.17, 15) is 9.59 Å². The molecule has 0 aliphatic carbocycles. The van der Waals surface area contributed by atoms with Crippen LogP contribution < -0.4 is 9.80 Å². The van der Waals surface area contributed by atoms with E-state index in [0.29, 0.717) is 5.69 Å². The Kier molecular flexibility index (Phi) is 4.28. The van der Waals surface area contributed by atoms with Crippen LogP contribution in [0.3, 0.4) is 0 Å². The largest absolute Gasteiger partial charge is 0.341 e. The smallest absolute Gasteiger partial charge is 0.332 e. The summed E-state index contributed by atoms with van der Waals surface area (Å²) in [6.45, 7) is 3.65. The number of urea groups is 1. The van der Waals surface area contributed by atoms with Crippen molar-refractivity contribution in [2.75, 3.05) is 29.4 Å². The molecule has 1 aromatic heterocycles. The summed E-state index contributed by atoms with van der Waals surface area (Å²) >= 11 is 0. The lowest BCUT2D eigenvalue weighted by atomic mass is 10.0. The summed E-state index contributed by atoms with van der Waals surface area (Å²) in [5.41, 5.74) is 1.58. The van der Waals surface area contributed by atoms with Gasteiger partial charge in [-0.15, -0.1) is 0 Å². The van der Waals surface area contributed by atoms with Crippen LogP contribution in [0.25, 0.3) is 0 Å². The molecule has 0 unspecified atom stereocenters. The maximum absolute atomic E-state index is 12.8. The monoisotopic (exact) mass is 351 g/mol. The minimum atomic E-state index is -0.216. The van der Waals surface area contributed by atoms with E-state index in [-0.39, 0.29) is 24.5 Å². The Balaban J connectivity index is 1.43. The molecular formula is C19H21N5O2. The van der Waals surface area contributed by atoms with Crippen molar-refractivity contribution in [2.45, 2.75) is 25.8 Å². The number of carbonyl (C=O) groups is 2. The summed E-state index contributed by atoms with van der Waals surface area (Å²) in [7, 11) is 0. The van der Waals surface area contributed by atoms with Gasteiger partial charge in [-0.3, -0.25) is 4.79 Å². The molecule has 0 N–H and O–H groups in total. The van der Waals surface area contributed by atoms with E-state index < -0.39 is 0 Å². The molecule has 134 valence electrons. The molecule has 7 heteroatoms. The van der Waals surface area contributed by atoms with Gasteiger partial charge in [-0.05, 0) is 38.0 Å². The standard InChI is InChI=1S/C19H21N5O2/c1-14-7-10-20-18(21-14)22-11-8-15(9-12-22)23-13-17(25)24(19(23)26)16-5-3-2-4-6-16/h2-7,10,15H,8-9,11-13H2,1H3. The number of hydrogen-bond acceptors (Lipinski definition) is 5. The van der Waals surface area contributed by atoms with E-state index in [0.717, 1.165) is 37.6 Å². The quantitative estimate of drug-likeness (QED) is 0.793. The molecule has 2 saturated heterocycles. The van der Waals surface area contributed by atoms with Crippen LogP contribution >= 0.6 is 0 Å². The van der Waals surface area contributed by atoms with E-state index in [1.165, 1.54) is 4.90 Å². The zero-order chi connectivity index (χ0) is 18.1. The first-order valence-electron chi connectivity index (χ1n) is 8.86. The lowest BCUT2D eigenvalue weighted by molar-refractivity contribution is -0.116. The number of hydrogen-bond donors (Lipinski definition) is 0. The molecule has 0 bridgehead atoms. The highest BCUT2D eigenvalue weighted by Crippen LogP contribution is 2.27. The van der Waals surface area contributed by atoms with Crippen molar-refractivity contribution in [3.05, 3.63) is 48.3 Å². The van der Waals surface area contributed by atoms with Crippen LogP contribution in [-0.4, -0.2) is 52.5 Å². The molecule has 2 aromatic rings. The van der Waals surface area contributed by atoms with Gasteiger partial charge < -0.3 is 9.80 Å². The van der Waals surface area contributed by atoms with Crippen LogP contribution in [0, 0.1) is 6.92 Å². The van der Waals surface area contributed by atoms with E-state index in [4.69, 9.17) is 0 Å². The highest BCUT2D eigenvalue weighted by atomic mass is 16.2. The topological polar surface area (TPSA) is 69.6 Å². The predicted octanol–water partition coefficient (Wildman–Crippen LogP) is 2.22. The normalized spacial score (nSPS) is 18.7. The highest BCUT2D eigenvalue weighted by Gasteiger charge is 2.41.